The van der Waals surface area contributed by atoms with Crippen molar-refractivity contribution in [2.24, 2.45) is 5.84 Å². The molecule has 0 saturated heterocycles. The Bertz CT molecular complexity index is 477. The van der Waals surface area contributed by atoms with Gasteiger partial charge in [-0.2, -0.15) is 0 Å². The van der Waals surface area contributed by atoms with E-state index < -0.39 is 11.0 Å². The Morgan fingerprint density at radius 1 is 1.40 bits per heavy atom. The van der Waals surface area contributed by atoms with Crippen molar-refractivity contribution >= 4 is 11.8 Å². The standard InChI is InChI=1S/C13H19N3O4/c1-2-3-4-5-6-10-9-11(16(18)19)7-8-12(10)20-13(17)15-14/h7-9H,2-6,14H2,1H3,(H,15,17). The molecule has 0 aliphatic carbocycles. The number of nitro benzene ring substituents is 1. The molecule has 0 radical (unpaired) electrons. The first-order chi connectivity index (χ1) is 9.58. The summed E-state index contributed by atoms with van der Waals surface area (Å²) in [7, 11) is 0. The molecule has 110 valence electrons. The minimum absolute atomic E-state index is 0.0176. The maximum absolute atomic E-state index is 11.1. The van der Waals surface area contributed by atoms with Gasteiger partial charge in [-0.25, -0.2) is 10.6 Å². The lowest BCUT2D eigenvalue weighted by Gasteiger charge is -2.09. The zero-order valence-electron chi connectivity index (χ0n) is 11.4. The predicted molar refractivity (Wildman–Crippen MR) is 74.3 cm³/mol. The van der Waals surface area contributed by atoms with Crippen molar-refractivity contribution in [3.05, 3.63) is 33.9 Å². The van der Waals surface area contributed by atoms with Crippen LogP contribution in [0.15, 0.2) is 18.2 Å². The van der Waals surface area contributed by atoms with Crippen LogP contribution in [-0.4, -0.2) is 11.0 Å². The highest BCUT2D eigenvalue weighted by Gasteiger charge is 2.13. The van der Waals surface area contributed by atoms with Gasteiger partial charge in [0.15, 0.2) is 0 Å². The summed E-state index contributed by atoms with van der Waals surface area (Å²) in [4.78, 5) is 21.5. The molecule has 7 heteroatoms. The number of hydrogen-bond donors (Lipinski definition) is 2. The van der Waals surface area contributed by atoms with Crippen LogP contribution in [0.2, 0.25) is 0 Å². The summed E-state index contributed by atoms with van der Waals surface area (Å²) in [5.41, 5.74) is 2.48. The molecule has 0 atom stereocenters. The number of rotatable bonds is 7. The quantitative estimate of drug-likeness (QED) is 0.262. The smallest absolute Gasteiger partial charge is 0.409 e. The SMILES string of the molecule is CCCCCCc1cc([N+](=O)[O-])ccc1OC(=O)NN. The Hall–Kier alpha value is -2.15. The van der Waals surface area contributed by atoms with Crippen molar-refractivity contribution in [2.75, 3.05) is 0 Å². The number of unbranched alkanes of at least 4 members (excludes halogenated alkanes) is 3. The van der Waals surface area contributed by atoms with Crippen LogP contribution in [-0.2, 0) is 6.42 Å². The third-order valence-corrected chi connectivity index (χ3v) is 2.88. The molecule has 0 aromatic heterocycles. The molecular weight excluding hydrogens is 262 g/mol. The highest BCUT2D eigenvalue weighted by atomic mass is 16.6. The van der Waals surface area contributed by atoms with E-state index >= 15 is 0 Å². The van der Waals surface area contributed by atoms with E-state index in [0.29, 0.717) is 17.7 Å². The number of benzene rings is 1. The largest absolute Gasteiger partial charge is 0.426 e. The van der Waals surface area contributed by atoms with E-state index in [1.807, 2.05) is 5.43 Å². The molecule has 1 aromatic carbocycles. The number of nitro groups is 1. The molecule has 0 unspecified atom stereocenters. The van der Waals surface area contributed by atoms with Gasteiger partial charge < -0.3 is 4.74 Å². The van der Waals surface area contributed by atoms with Crippen LogP contribution in [0.4, 0.5) is 10.5 Å². The van der Waals surface area contributed by atoms with Crippen LogP contribution in [0, 0.1) is 10.1 Å². The molecule has 0 bridgehead atoms. The Kier molecular flexibility index (Phi) is 6.45. The van der Waals surface area contributed by atoms with E-state index in [1.165, 1.54) is 18.2 Å². The van der Waals surface area contributed by atoms with E-state index in [0.717, 1.165) is 25.7 Å². The van der Waals surface area contributed by atoms with Crippen molar-refractivity contribution in [1.29, 1.82) is 0 Å². The van der Waals surface area contributed by atoms with Gasteiger partial charge >= 0.3 is 6.09 Å². The molecule has 1 aromatic rings. The molecule has 0 saturated carbocycles. The van der Waals surface area contributed by atoms with Crippen LogP contribution in [0.3, 0.4) is 0 Å². The van der Waals surface area contributed by atoms with Gasteiger partial charge in [-0.05, 0) is 18.9 Å². The lowest BCUT2D eigenvalue weighted by molar-refractivity contribution is -0.384. The normalized spacial score (nSPS) is 10.1. The number of nitrogens with two attached hydrogens (primary N) is 1. The molecule has 1 rings (SSSR count). The Balaban J connectivity index is 2.85. The van der Waals surface area contributed by atoms with Crippen molar-refractivity contribution in [3.63, 3.8) is 0 Å². The highest BCUT2D eigenvalue weighted by Crippen LogP contribution is 2.26. The van der Waals surface area contributed by atoms with Crippen LogP contribution in [0.25, 0.3) is 0 Å². The first-order valence-corrected chi connectivity index (χ1v) is 6.54. The number of hydrogen-bond acceptors (Lipinski definition) is 5. The van der Waals surface area contributed by atoms with Gasteiger partial charge in [-0.1, -0.05) is 26.2 Å². The first-order valence-electron chi connectivity index (χ1n) is 6.54. The maximum atomic E-state index is 11.1. The van der Waals surface area contributed by atoms with Crippen LogP contribution < -0.4 is 16.0 Å². The molecular formula is C13H19N3O4. The third-order valence-electron chi connectivity index (χ3n) is 2.88. The fourth-order valence-electron chi connectivity index (χ4n) is 1.85. The molecule has 0 aliphatic rings. The van der Waals surface area contributed by atoms with Gasteiger partial charge in [0.25, 0.3) is 5.69 Å². The lowest BCUT2D eigenvalue weighted by Crippen LogP contribution is -2.33. The topological polar surface area (TPSA) is 107 Å². The fraction of sp³-hybridized carbons (Fsp3) is 0.462. The van der Waals surface area contributed by atoms with Crippen LogP contribution >= 0.6 is 0 Å². The Labute approximate surface area is 117 Å². The molecule has 0 aliphatic heterocycles. The summed E-state index contributed by atoms with van der Waals surface area (Å²) >= 11 is 0. The van der Waals surface area contributed by atoms with Crippen LogP contribution in [0.5, 0.6) is 5.75 Å². The van der Waals surface area contributed by atoms with Crippen molar-refractivity contribution in [1.82, 2.24) is 5.43 Å². The maximum Gasteiger partial charge on any atom is 0.426 e. The van der Waals surface area contributed by atoms with Gasteiger partial charge in [0.2, 0.25) is 0 Å². The van der Waals surface area contributed by atoms with Gasteiger partial charge in [-0.3, -0.25) is 15.5 Å². The van der Waals surface area contributed by atoms with Crippen molar-refractivity contribution in [2.45, 2.75) is 39.0 Å². The monoisotopic (exact) mass is 281 g/mol. The molecule has 7 nitrogen and oxygen atoms in total. The number of non-ortho nitro benzene ring substituents is 1. The molecule has 20 heavy (non-hydrogen) atoms. The van der Waals surface area contributed by atoms with E-state index in [4.69, 9.17) is 10.6 Å². The summed E-state index contributed by atoms with van der Waals surface area (Å²) in [6.45, 7) is 2.10. The fourth-order valence-corrected chi connectivity index (χ4v) is 1.85. The number of nitrogens with zero attached hydrogens (tertiary/aromatic N) is 1. The molecule has 0 heterocycles. The summed E-state index contributed by atoms with van der Waals surface area (Å²) < 4.78 is 4.99. The number of amides is 1. The average Bonchev–Trinajstić information content (AvgIpc) is 2.44. The number of aryl methyl sites for hydroxylation is 1. The number of nitrogens with one attached hydrogen (secondary N) is 1. The van der Waals surface area contributed by atoms with E-state index in [9.17, 15) is 14.9 Å². The van der Waals surface area contributed by atoms with Gasteiger partial charge in [0, 0.05) is 17.7 Å². The molecule has 0 fully saturated rings. The summed E-state index contributed by atoms with van der Waals surface area (Å²) in [5, 5.41) is 10.8. The highest BCUT2D eigenvalue weighted by molar-refractivity contribution is 5.70. The number of ether oxygens (including phenoxy) is 1. The number of carbonyl (C=O) groups is 1. The lowest BCUT2D eigenvalue weighted by atomic mass is 10.0. The Morgan fingerprint density at radius 2 is 2.15 bits per heavy atom. The number of hydrazine groups is 1. The Morgan fingerprint density at radius 3 is 2.75 bits per heavy atom. The zero-order valence-corrected chi connectivity index (χ0v) is 11.4. The zero-order chi connectivity index (χ0) is 15.0. The van der Waals surface area contributed by atoms with Crippen LogP contribution in [0.1, 0.15) is 38.2 Å². The van der Waals surface area contributed by atoms with E-state index in [1.54, 1.807) is 0 Å². The van der Waals surface area contributed by atoms with E-state index in [2.05, 4.69) is 6.92 Å². The van der Waals surface area contributed by atoms with Crippen molar-refractivity contribution in [3.8, 4) is 5.75 Å². The molecule has 0 spiro atoms. The summed E-state index contributed by atoms with van der Waals surface area (Å²) in [5.74, 6) is 5.26. The van der Waals surface area contributed by atoms with Gasteiger partial charge in [0.05, 0.1) is 4.92 Å². The predicted octanol–water partition coefficient (Wildman–Crippen LogP) is 2.68. The summed E-state index contributed by atoms with van der Waals surface area (Å²) in [6.07, 6.45) is 3.95. The first kappa shape index (κ1) is 15.9. The second-order valence-corrected chi connectivity index (χ2v) is 4.39. The van der Waals surface area contributed by atoms with Gasteiger partial charge in [0.1, 0.15) is 5.75 Å². The molecule has 3 N–H and O–H groups in total. The second-order valence-electron chi connectivity index (χ2n) is 4.39. The van der Waals surface area contributed by atoms with Crippen molar-refractivity contribution < 1.29 is 14.5 Å². The molecule has 1 amide bonds. The third kappa shape index (κ3) is 4.85. The summed E-state index contributed by atoms with van der Waals surface area (Å²) in [6, 6.07) is 4.16. The minimum atomic E-state index is -0.798. The minimum Gasteiger partial charge on any atom is -0.409 e. The van der Waals surface area contributed by atoms with Gasteiger partial charge in [-0.15, -0.1) is 0 Å². The second kappa shape index (κ2) is 8.11. The van der Waals surface area contributed by atoms with E-state index in [-0.39, 0.29) is 5.69 Å². The number of carbonyl (C=O) groups excluding carboxylic acids is 1. The average molecular weight is 281 g/mol.